The van der Waals surface area contributed by atoms with Gasteiger partial charge in [-0.05, 0) is 23.8 Å². The number of hydrogen-bond acceptors (Lipinski definition) is 3. The number of aromatic nitrogens is 2. The number of thiazole rings is 1. The third-order valence-corrected chi connectivity index (χ3v) is 3.41. The second-order valence-corrected chi connectivity index (χ2v) is 4.49. The molecule has 3 aromatic rings. The topological polar surface area (TPSA) is 25.8 Å². The molecule has 0 spiro atoms. The molecule has 0 aliphatic heterocycles. The van der Waals surface area contributed by atoms with Gasteiger partial charge in [0.15, 0.2) is 0 Å². The molecule has 0 atom stereocenters. The number of hydrogen-bond donors (Lipinski definition) is 0. The molecule has 0 N–H and O–H groups in total. The fourth-order valence-corrected chi connectivity index (χ4v) is 2.48. The van der Waals surface area contributed by atoms with Crippen LogP contribution in [0.25, 0.3) is 20.8 Å². The monoisotopic (exact) mass is 222 g/mol. The van der Waals surface area contributed by atoms with E-state index in [1.807, 2.05) is 24.3 Å². The van der Waals surface area contributed by atoms with Crippen molar-refractivity contribution in [2.24, 2.45) is 0 Å². The quantitative estimate of drug-likeness (QED) is 0.589. The molecule has 0 unspecified atom stereocenters. The van der Waals surface area contributed by atoms with Gasteiger partial charge in [-0.15, -0.1) is 11.3 Å². The Morgan fingerprint density at radius 1 is 1.06 bits per heavy atom. The maximum absolute atomic E-state index is 5.55. The Morgan fingerprint density at radius 2 is 1.94 bits per heavy atom. The van der Waals surface area contributed by atoms with Gasteiger partial charge in [0, 0.05) is 11.8 Å². The van der Waals surface area contributed by atoms with Crippen LogP contribution in [0.3, 0.4) is 0 Å². The molecule has 4 heteroatoms. The van der Waals surface area contributed by atoms with E-state index in [9.17, 15) is 0 Å². The number of benzene rings is 1. The molecule has 0 saturated carbocycles. The average molecular weight is 222 g/mol. The lowest BCUT2D eigenvalue weighted by Gasteiger charge is -1.95. The van der Waals surface area contributed by atoms with E-state index in [4.69, 9.17) is 7.85 Å². The molecule has 0 bridgehead atoms. The highest BCUT2D eigenvalue weighted by Gasteiger charge is 2.05. The zero-order chi connectivity index (χ0) is 11.0. The van der Waals surface area contributed by atoms with Crippen LogP contribution in [-0.4, -0.2) is 17.8 Å². The van der Waals surface area contributed by atoms with E-state index in [2.05, 4.69) is 16.0 Å². The Morgan fingerprint density at radius 3 is 2.69 bits per heavy atom. The van der Waals surface area contributed by atoms with Crippen LogP contribution in [0.1, 0.15) is 0 Å². The minimum Gasteiger partial charge on any atom is -0.272 e. The van der Waals surface area contributed by atoms with Crippen LogP contribution in [0.5, 0.6) is 0 Å². The van der Waals surface area contributed by atoms with Gasteiger partial charge in [-0.25, -0.2) is 4.98 Å². The van der Waals surface area contributed by atoms with Crippen LogP contribution in [0.4, 0.5) is 0 Å². The molecule has 0 saturated heterocycles. The summed E-state index contributed by atoms with van der Waals surface area (Å²) >= 11 is 1.66. The maximum atomic E-state index is 5.55. The van der Waals surface area contributed by atoms with Crippen molar-refractivity contribution >= 4 is 35.0 Å². The van der Waals surface area contributed by atoms with Crippen molar-refractivity contribution in [1.82, 2.24) is 9.97 Å². The minimum absolute atomic E-state index is 0.532. The van der Waals surface area contributed by atoms with Gasteiger partial charge in [0.25, 0.3) is 0 Å². The molecule has 0 fully saturated rings. The molecule has 0 aliphatic rings. The van der Waals surface area contributed by atoms with Crippen LogP contribution < -0.4 is 5.59 Å². The lowest BCUT2D eigenvalue weighted by Crippen LogP contribution is -2.05. The van der Waals surface area contributed by atoms with Crippen molar-refractivity contribution in [1.29, 1.82) is 0 Å². The number of fused-ring (bicyclic) bond motifs is 1. The Labute approximate surface area is 98.4 Å². The maximum Gasteiger partial charge on any atom is 0.141 e. The molecule has 74 valence electrons. The SMILES string of the molecule is [B]c1ccc(-c2nc3ccccc3s2)cn1. The standard InChI is InChI=1S/C12H7BN2S/c13-11-6-5-8(7-14-11)12-15-9-3-1-2-4-10(9)16-12/h1-7H. The number of pyridine rings is 1. The normalized spacial score (nSPS) is 10.8. The van der Waals surface area contributed by atoms with Crippen molar-refractivity contribution in [3.8, 4) is 10.6 Å². The van der Waals surface area contributed by atoms with Crippen LogP contribution >= 0.6 is 11.3 Å². The summed E-state index contributed by atoms with van der Waals surface area (Å²) in [6.07, 6.45) is 1.76. The Hall–Kier alpha value is -1.68. The average Bonchev–Trinajstić information content (AvgIpc) is 2.73. The molecule has 16 heavy (non-hydrogen) atoms. The fourth-order valence-electron chi connectivity index (χ4n) is 1.53. The Bertz CT molecular complexity index is 598. The highest BCUT2D eigenvalue weighted by Crippen LogP contribution is 2.28. The van der Waals surface area contributed by atoms with E-state index in [0.717, 1.165) is 16.1 Å². The van der Waals surface area contributed by atoms with E-state index >= 15 is 0 Å². The molecule has 2 heterocycles. The van der Waals surface area contributed by atoms with E-state index in [1.54, 1.807) is 23.6 Å². The largest absolute Gasteiger partial charge is 0.272 e. The van der Waals surface area contributed by atoms with Gasteiger partial charge in [0.05, 0.1) is 10.2 Å². The smallest absolute Gasteiger partial charge is 0.141 e. The van der Waals surface area contributed by atoms with E-state index in [-0.39, 0.29) is 0 Å². The van der Waals surface area contributed by atoms with Crippen LogP contribution in [-0.2, 0) is 0 Å². The third-order valence-electron chi connectivity index (χ3n) is 2.33. The second kappa shape index (κ2) is 3.72. The Kier molecular flexibility index (Phi) is 2.22. The molecular formula is C12H7BN2S. The van der Waals surface area contributed by atoms with Crippen molar-refractivity contribution in [3.63, 3.8) is 0 Å². The van der Waals surface area contributed by atoms with Gasteiger partial charge in [-0.2, -0.15) is 0 Å². The highest BCUT2D eigenvalue weighted by molar-refractivity contribution is 7.21. The second-order valence-electron chi connectivity index (χ2n) is 3.46. The van der Waals surface area contributed by atoms with Gasteiger partial charge < -0.3 is 0 Å². The van der Waals surface area contributed by atoms with Gasteiger partial charge in [0.1, 0.15) is 12.9 Å². The first kappa shape index (κ1) is 9.54. The summed E-state index contributed by atoms with van der Waals surface area (Å²) in [7, 11) is 5.55. The first-order valence-corrected chi connectivity index (χ1v) is 5.72. The number of para-hydroxylation sites is 1. The summed E-state index contributed by atoms with van der Waals surface area (Å²) in [5.74, 6) is 0. The summed E-state index contributed by atoms with van der Waals surface area (Å²) in [6, 6.07) is 11.8. The lowest BCUT2D eigenvalue weighted by atomic mass is 10.0. The number of rotatable bonds is 1. The molecule has 2 radical (unpaired) electrons. The summed E-state index contributed by atoms with van der Waals surface area (Å²) in [5, 5.41) is 0.980. The zero-order valence-corrected chi connectivity index (χ0v) is 9.24. The van der Waals surface area contributed by atoms with Crippen molar-refractivity contribution < 1.29 is 0 Å². The summed E-state index contributed by atoms with van der Waals surface area (Å²) in [5.41, 5.74) is 2.57. The fraction of sp³-hybridized carbons (Fsp3) is 0. The highest BCUT2D eigenvalue weighted by atomic mass is 32.1. The van der Waals surface area contributed by atoms with Crippen molar-refractivity contribution in [3.05, 3.63) is 42.6 Å². The zero-order valence-electron chi connectivity index (χ0n) is 8.42. The van der Waals surface area contributed by atoms with Crippen molar-refractivity contribution in [2.45, 2.75) is 0 Å². The lowest BCUT2D eigenvalue weighted by molar-refractivity contribution is 1.37. The first-order chi connectivity index (χ1) is 7.83. The summed E-state index contributed by atoms with van der Waals surface area (Å²) in [4.78, 5) is 8.62. The van der Waals surface area contributed by atoms with Gasteiger partial charge in [-0.3, -0.25) is 4.98 Å². The van der Waals surface area contributed by atoms with Gasteiger partial charge >= 0.3 is 0 Å². The van der Waals surface area contributed by atoms with E-state index in [0.29, 0.717) is 5.59 Å². The summed E-state index contributed by atoms with van der Waals surface area (Å²) < 4.78 is 1.19. The molecule has 0 amide bonds. The van der Waals surface area contributed by atoms with Crippen LogP contribution in [0, 0.1) is 0 Å². The van der Waals surface area contributed by atoms with Crippen molar-refractivity contribution in [2.75, 3.05) is 0 Å². The summed E-state index contributed by atoms with van der Waals surface area (Å²) in [6.45, 7) is 0. The number of nitrogens with zero attached hydrogens (tertiary/aromatic N) is 2. The predicted molar refractivity (Wildman–Crippen MR) is 68.2 cm³/mol. The van der Waals surface area contributed by atoms with E-state index < -0.39 is 0 Å². The van der Waals surface area contributed by atoms with Crippen LogP contribution in [0.2, 0.25) is 0 Å². The molecular weight excluding hydrogens is 215 g/mol. The van der Waals surface area contributed by atoms with Gasteiger partial charge in [0.2, 0.25) is 0 Å². The van der Waals surface area contributed by atoms with E-state index in [1.165, 1.54) is 4.70 Å². The van der Waals surface area contributed by atoms with Crippen LogP contribution in [0.15, 0.2) is 42.6 Å². The minimum atomic E-state index is 0.532. The molecule has 3 rings (SSSR count). The first-order valence-electron chi connectivity index (χ1n) is 4.90. The molecule has 1 aromatic carbocycles. The van der Waals surface area contributed by atoms with Gasteiger partial charge in [-0.1, -0.05) is 18.2 Å². The Balaban J connectivity index is 2.15. The molecule has 2 aromatic heterocycles. The molecule has 2 nitrogen and oxygen atoms in total. The third kappa shape index (κ3) is 1.61. The predicted octanol–water partition coefficient (Wildman–Crippen LogP) is 2.15. The molecule has 0 aliphatic carbocycles.